The number of rotatable bonds is 6. The number of benzene rings is 1. The molecule has 2 N–H and O–H groups in total. The first-order valence-electron chi connectivity index (χ1n) is 8.00. The molecule has 1 unspecified atom stereocenters. The fourth-order valence-electron chi connectivity index (χ4n) is 2.97. The number of sulfonamides is 2. The van der Waals surface area contributed by atoms with Gasteiger partial charge in [-0.15, -0.1) is 12.4 Å². The molecular formula is C15H26ClN3O4S2. The minimum atomic E-state index is -3.65. The third-order valence-electron chi connectivity index (χ3n) is 4.23. The Morgan fingerprint density at radius 2 is 1.96 bits per heavy atom. The Bertz CT molecular complexity index is 795. The lowest BCUT2D eigenvalue weighted by atomic mass is 10.1. The number of hydrogen-bond donors (Lipinski definition) is 2. The van der Waals surface area contributed by atoms with Crippen molar-refractivity contribution in [2.24, 2.45) is 0 Å². The Kier molecular flexibility index (Phi) is 7.85. The molecule has 0 aliphatic carbocycles. The third-order valence-corrected chi connectivity index (χ3v) is 7.75. The molecule has 1 fully saturated rings. The molecule has 0 spiro atoms. The Morgan fingerprint density at radius 3 is 2.52 bits per heavy atom. The van der Waals surface area contributed by atoms with Crippen LogP contribution in [0.3, 0.4) is 0 Å². The summed E-state index contributed by atoms with van der Waals surface area (Å²) in [6.07, 6.45) is 1.69. The summed E-state index contributed by atoms with van der Waals surface area (Å²) in [7, 11) is -5.92. The zero-order valence-corrected chi connectivity index (χ0v) is 17.1. The summed E-state index contributed by atoms with van der Waals surface area (Å²) in [4.78, 5) is 0.229. The highest BCUT2D eigenvalue weighted by molar-refractivity contribution is 7.89. The lowest BCUT2D eigenvalue weighted by Gasteiger charge is -2.35. The van der Waals surface area contributed by atoms with Gasteiger partial charge in [0.2, 0.25) is 20.0 Å². The van der Waals surface area contributed by atoms with Crippen molar-refractivity contribution in [2.75, 3.05) is 26.7 Å². The minimum absolute atomic E-state index is 0. The average Bonchev–Trinajstić information content (AvgIpc) is 2.55. The van der Waals surface area contributed by atoms with Gasteiger partial charge in [0, 0.05) is 25.7 Å². The van der Waals surface area contributed by atoms with Gasteiger partial charge in [0.05, 0.1) is 9.79 Å². The predicted molar refractivity (Wildman–Crippen MR) is 100 cm³/mol. The lowest BCUT2D eigenvalue weighted by Crippen LogP contribution is -2.53. The Balaban J connectivity index is 0.00000312. The minimum Gasteiger partial charge on any atom is -0.314 e. The summed E-state index contributed by atoms with van der Waals surface area (Å²) >= 11 is 0. The van der Waals surface area contributed by atoms with Crippen molar-refractivity contribution in [1.82, 2.24) is 14.3 Å². The smallest absolute Gasteiger partial charge is 0.243 e. The molecule has 10 heteroatoms. The van der Waals surface area contributed by atoms with E-state index in [2.05, 4.69) is 10.0 Å². The van der Waals surface area contributed by atoms with Crippen LogP contribution in [0.15, 0.2) is 28.0 Å². The second-order valence-electron chi connectivity index (χ2n) is 5.90. The van der Waals surface area contributed by atoms with Crippen LogP contribution >= 0.6 is 12.4 Å². The summed E-state index contributed by atoms with van der Waals surface area (Å²) in [5.41, 5.74) is 0.410. The van der Waals surface area contributed by atoms with Gasteiger partial charge in [0.1, 0.15) is 0 Å². The number of halogens is 1. The fraction of sp³-hybridized carbons (Fsp3) is 0.600. The van der Waals surface area contributed by atoms with Gasteiger partial charge < -0.3 is 5.32 Å². The van der Waals surface area contributed by atoms with E-state index in [9.17, 15) is 16.8 Å². The van der Waals surface area contributed by atoms with E-state index in [1.54, 1.807) is 6.92 Å². The molecule has 7 nitrogen and oxygen atoms in total. The lowest BCUT2D eigenvalue weighted by molar-refractivity contribution is 0.254. The van der Waals surface area contributed by atoms with E-state index in [-0.39, 0.29) is 28.2 Å². The molecule has 1 aromatic rings. The molecule has 0 saturated carbocycles. The van der Waals surface area contributed by atoms with Gasteiger partial charge in [-0.25, -0.2) is 21.6 Å². The Morgan fingerprint density at radius 1 is 1.28 bits per heavy atom. The van der Waals surface area contributed by atoms with Crippen LogP contribution in [-0.2, 0) is 20.0 Å². The molecule has 1 aliphatic heterocycles. The van der Waals surface area contributed by atoms with Crippen molar-refractivity contribution < 1.29 is 16.8 Å². The predicted octanol–water partition coefficient (Wildman–Crippen LogP) is 1.09. The van der Waals surface area contributed by atoms with Crippen molar-refractivity contribution in [1.29, 1.82) is 0 Å². The average molecular weight is 412 g/mol. The summed E-state index contributed by atoms with van der Waals surface area (Å²) in [5.74, 6) is 0. The monoisotopic (exact) mass is 411 g/mol. The standard InChI is InChI=1S/C15H25N3O4S2.ClH/c1-4-5-13-11-17-8-9-18(13)24(21,22)14-6-7-15(12(2)10-14)23(19,20)16-3;/h6-7,10,13,16-17H,4-5,8-9,11H2,1-3H3;1H. The molecule has 0 amide bonds. The zero-order valence-electron chi connectivity index (χ0n) is 14.6. The number of nitrogens with one attached hydrogen (secondary N) is 2. The van der Waals surface area contributed by atoms with E-state index < -0.39 is 20.0 Å². The van der Waals surface area contributed by atoms with Crippen molar-refractivity contribution in [2.45, 2.75) is 42.5 Å². The molecule has 0 bridgehead atoms. The van der Waals surface area contributed by atoms with Crippen LogP contribution in [0.4, 0.5) is 0 Å². The van der Waals surface area contributed by atoms with Crippen LogP contribution in [0.2, 0.25) is 0 Å². The maximum atomic E-state index is 13.0. The maximum Gasteiger partial charge on any atom is 0.243 e. The highest BCUT2D eigenvalue weighted by atomic mass is 35.5. The molecule has 1 heterocycles. The van der Waals surface area contributed by atoms with Gasteiger partial charge in [0.15, 0.2) is 0 Å². The van der Waals surface area contributed by atoms with Crippen molar-refractivity contribution in [3.8, 4) is 0 Å². The second-order valence-corrected chi connectivity index (χ2v) is 9.64. The van der Waals surface area contributed by atoms with Crippen molar-refractivity contribution >= 4 is 32.5 Å². The van der Waals surface area contributed by atoms with Gasteiger partial charge in [-0.05, 0) is 44.2 Å². The van der Waals surface area contributed by atoms with E-state index in [0.717, 1.165) is 12.8 Å². The first-order valence-corrected chi connectivity index (χ1v) is 10.9. The maximum absolute atomic E-state index is 13.0. The molecule has 0 aromatic heterocycles. The number of piperazine rings is 1. The third kappa shape index (κ3) is 4.72. The van der Waals surface area contributed by atoms with Gasteiger partial charge in [-0.3, -0.25) is 0 Å². The highest BCUT2D eigenvalue weighted by Crippen LogP contribution is 2.25. The van der Waals surface area contributed by atoms with E-state index in [4.69, 9.17) is 0 Å². The summed E-state index contributed by atoms with van der Waals surface area (Å²) in [6.45, 7) is 5.30. The Labute approximate surface area is 156 Å². The highest BCUT2D eigenvalue weighted by Gasteiger charge is 2.33. The van der Waals surface area contributed by atoms with Gasteiger partial charge >= 0.3 is 0 Å². The number of nitrogens with zero attached hydrogens (tertiary/aromatic N) is 1. The molecule has 2 rings (SSSR count). The summed E-state index contributed by atoms with van der Waals surface area (Å²) in [5, 5.41) is 3.23. The molecule has 1 atom stereocenters. The van der Waals surface area contributed by atoms with Crippen LogP contribution in [0, 0.1) is 6.92 Å². The van der Waals surface area contributed by atoms with Crippen LogP contribution in [0.5, 0.6) is 0 Å². The molecule has 1 aromatic carbocycles. The summed E-state index contributed by atoms with van der Waals surface area (Å²) in [6, 6.07) is 4.09. The van der Waals surface area contributed by atoms with E-state index in [1.807, 2.05) is 6.92 Å². The first kappa shape index (κ1) is 22.3. The molecule has 0 radical (unpaired) electrons. The molecule has 25 heavy (non-hydrogen) atoms. The molecule has 144 valence electrons. The Hall–Kier alpha value is -0.710. The normalized spacial score (nSPS) is 19.4. The second kappa shape index (κ2) is 8.79. The van der Waals surface area contributed by atoms with Gasteiger partial charge in [-0.1, -0.05) is 13.3 Å². The van der Waals surface area contributed by atoms with E-state index >= 15 is 0 Å². The van der Waals surface area contributed by atoms with Crippen LogP contribution in [0.25, 0.3) is 0 Å². The quantitative estimate of drug-likeness (QED) is 0.730. The molecule has 1 saturated heterocycles. The van der Waals surface area contributed by atoms with Crippen molar-refractivity contribution in [3.63, 3.8) is 0 Å². The summed E-state index contributed by atoms with van der Waals surface area (Å²) < 4.78 is 53.6. The van der Waals surface area contributed by atoms with Gasteiger partial charge in [-0.2, -0.15) is 4.31 Å². The van der Waals surface area contributed by atoms with Crippen LogP contribution in [0.1, 0.15) is 25.3 Å². The zero-order chi connectivity index (χ0) is 18.0. The first-order chi connectivity index (χ1) is 11.2. The van der Waals surface area contributed by atoms with Crippen molar-refractivity contribution in [3.05, 3.63) is 23.8 Å². The SMILES string of the molecule is CCCC1CNCCN1S(=O)(=O)c1ccc(S(=O)(=O)NC)c(C)c1.Cl. The van der Waals surface area contributed by atoms with E-state index in [0.29, 0.717) is 25.2 Å². The van der Waals surface area contributed by atoms with Gasteiger partial charge in [0.25, 0.3) is 0 Å². The molecular weight excluding hydrogens is 386 g/mol. The largest absolute Gasteiger partial charge is 0.314 e. The van der Waals surface area contributed by atoms with Crippen LogP contribution < -0.4 is 10.0 Å². The van der Waals surface area contributed by atoms with Crippen LogP contribution in [-0.4, -0.2) is 53.9 Å². The number of hydrogen-bond acceptors (Lipinski definition) is 5. The topological polar surface area (TPSA) is 95.6 Å². The number of aryl methyl sites for hydroxylation is 1. The fourth-order valence-corrected chi connectivity index (χ4v) is 5.66. The van der Waals surface area contributed by atoms with E-state index in [1.165, 1.54) is 29.6 Å². The molecule has 1 aliphatic rings.